The highest BCUT2D eigenvalue weighted by atomic mass is 16.5. The third kappa shape index (κ3) is 4.04. The van der Waals surface area contributed by atoms with E-state index in [4.69, 9.17) is 10.5 Å². The Kier molecular flexibility index (Phi) is 5.65. The Hall–Kier alpha value is -1.55. The maximum atomic E-state index is 11.3. The molecule has 0 aliphatic carbocycles. The van der Waals surface area contributed by atoms with Crippen LogP contribution in [0.1, 0.15) is 30.0 Å². The van der Waals surface area contributed by atoms with E-state index in [2.05, 4.69) is 5.32 Å². The van der Waals surface area contributed by atoms with Gasteiger partial charge in [0, 0.05) is 13.1 Å². The summed E-state index contributed by atoms with van der Waals surface area (Å²) in [4.78, 5) is 11.3. The van der Waals surface area contributed by atoms with Crippen LogP contribution in [0, 0.1) is 13.8 Å². The predicted octanol–water partition coefficient (Wildman–Crippen LogP) is 1.67. The molecular weight excluding hydrogens is 228 g/mol. The largest absolute Gasteiger partial charge is 0.493 e. The molecule has 1 rings (SSSR count). The maximum absolute atomic E-state index is 11.3. The number of nitrogens with two attached hydrogens (primary N) is 1. The van der Waals surface area contributed by atoms with Crippen molar-refractivity contribution in [3.8, 4) is 5.75 Å². The Bertz CT molecular complexity index is 393. The van der Waals surface area contributed by atoms with E-state index in [9.17, 15) is 4.79 Å². The molecule has 4 heteroatoms. The molecule has 4 nitrogen and oxygen atoms in total. The Morgan fingerprint density at radius 1 is 1.33 bits per heavy atom. The number of hydrogen-bond donors (Lipinski definition) is 2. The minimum Gasteiger partial charge on any atom is -0.493 e. The van der Waals surface area contributed by atoms with Crippen LogP contribution in [-0.2, 0) is 11.3 Å². The van der Waals surface area contributed by atoms with Crippen molar-refractivity contribution in [3.05, 3.63) is 28.8 Å². The van der Waals surface area contributed by atoms with E-state index >= 15 is 0 Å². The summed E-state index contributed by atoms with van der Waals surface area (Å²) >= 11 is 0. The molecule has 18 heavy (non-hydrogen) atoms. The number of hydrogen-bond acceptors (Lipinski definition) is 3. The van der Waals surface area contributed by atoms with Crippen LogP contribution in [0.25, 0.3) is 0 Å². The topological polar surface area (TPSA) is 64.3 Å². The standard InChI is InChI=1S/C14H22N2O2/c1-4-16-13(17)5-6-18-14-10(2)7-12(9-15)8-11(14)3/h7-8H,4-6,9,15H2,1-3H3,(H,16,17). The number of aryl methyl sites for hydroxylation is 2. The first-order valence-corrected chi connectivity index (χ1v) is 6.28. The van der Waals surface area contributed by atoms with Crippen LogP contribution in [0.5, 0.6) is 5.75 Å². The van der Waals surface area contributed by atoms with E-state index in [0.29, 0.717) is 26.1 Å². The van der Waals surface area contributed by atoms with Crippen molar-refractivity contribution in [3.63, 3.8) is 0 Å². The summed E-state index contributed by atoms with van der Waals surface area (Å²) in [5.74, 6) is 0.878. The molecule has 0 radical (unpaired) electrons. The zero-order valence-electron chi connectivity index (χ0n) is 11.4. The Morgan fingerprint density at radius 2 is 1.94 bits per heavy atom. The summed E-state index contributed by atoms with van der Waals surface area (Å²) < 4.78 is 5.68. The van der Waals surface area contributed by atoms with Crippen molar-refractivity contribution in [2.45, 2.75) is 33.7 Å². The molecule has 0 heterocycles. The molecular formula is C14H22N2O2. The molecule has 0 aromatic heterocycles. The van der Waals surface area contributed by atoms with Gasteiger partial charge in [0.2, 0.25) is 5.91 Å². The Balaban J connectivity index is 2.60. The minimum atomic E-state index is 0.0198. The van der Waals surface area contributed by atoms with Crippen LogP contribution in [0.3, 0.4) is 0 Å². The van der Waals surface area contributed by atoms with E-state index in [1.165, 1.54) is 0 Å². The van der Waals surface area contributed by atoms with Gasteiger partial charge in [-0.15, -0.1) is 0 Å². The van der Waals surface area contributed by atoms with Gasteiger partial charge in [-0.2, -0.15) is 0 Å². The lowest BCUT2D eigenvalue weighted by Gasteiger charge is -2.13. The van der Waals surface area contributed by atoms with E-state index in [0.717, 1.165) is 22.4 Å². The van der Waals surface area contributed by atoms with Crippen LogP contribution in [-0.4, -0.2) is 19.1 Å². The minimum absolute atomic E-state index is 0.0198. The fourth-order valence-corrected chi connectivity index (χ4v) is 1.92. The quantitative estimate of drug-likeness (QED) is 0.807. The first-order chi connectivity index (χ1) is 8.58. The molecule has 0 unspecified atom stereocenters. The van der Waals surface area contributed by atoms with Crippen molar-refractivity contribution >= 4 is 5.91 Å². The second-order valence-corrected chi connectivity index (χ2v) is 4.31. The van der Waals surface area contributed by atoms with Crippen LogP contribution in [0.15, 0.2) is 12.1 Å². The van der Waals surface area contributed by atoms with Crippen molar-refractivity contribution in [1.29, 1.82) is 0 Å². The Morgan fingerprint density at radius 3 is 2.44 bits per heavy atom. The SMILES string of the molecule is CCNC(=O)CCOc1c(C)cc(CN)cc1C. The molecule has 0 saturated heterocycles. The fourth-order valence-electron chi connectivity index (χ4n) is 1.92. The summed E-state index contributed by atoms with van der Waals surface area (Å²) in [6.07, 6.45) is 0.380. The zero-order chi connectivity index (χ0) is 13.5. The lowest BCUT2D eigenvalue weighted by atomic mass is 10.1. The number of amides is 1. The van der Waals surface area contributed by atoms with Gasteiger partial charge in [0.1, 0.15) is 5.75 Å². The average Bonchev–Trinajstić information content (AvgIpc) is 2.32. The highest BCUT2D eigenvalue weighted by molar-refractivity contribution is 5.75. The van der Waals surface area contributed by atoms with Gasteiger partial charge in [0.25, 0.3) is 0 Å². The van der Waals surface area contributed by atoms with Gasteiger partial charge in [0.15, 0.2) is 0 Å². The van der Waals surface area contributed by atoms with Crippen LogP contribution < -0.4 is 15.8 Å². The van der Waals surface area contributed by atoms with Crippen LogP contribution >= 0.6 is 0 Å². The van der Waals surface area contributed by atoms with Gasteiger partial charge in [-0.25, -0.2) is 0 Å². The van der Waals surface area contributed by atoms with Crippen LogP contribution in [0.2, 0.25) is 0 Å². The summed E-state index contributed by atoms with van der Waals surface area (Å²) in [6, 6.07) is 4.04. The van der Waals surface area contributed by atoms with Gasteiger partial charge < -0.3 is 15.8 Å². The number of benzene rings is 1. The molecule has 0 atom stereocenters. The highest BCUT2D eigenvalue weighted by Crippen LogP contribution is 2.24. The maximum Gasteiger partial charge on any atom is 0.223 e. The molecule has 100 valence electrons. The molecule has 0 saturated carbocycles. The normalized spacial score (nSPS) is 10.2. The first-order valence-electron chi connectivity index (χ1n) is 6.28. The van der Waals surface area contributed by atoms with Gasteiger partial charge in [-0.1, -0.05) is 12.1 Å². The molecule has 0 aliphatic rings. The second kappa shape index (κ2) is 7.01. The molecule has 3 N–H and O–H groups in total. The molecule has 0 aliphatic heterocycles. The molecule has 0 fully saturated rings. The fraction of sp³-hybridized carbons (Fsp3) is 0.500. The molecule has 1 amide bonds. The molecule has 1 aromatic carbocycles. The molecule has 1 aromatic rings. The van der Waals surface area contributed by atoms with E-state index in [-0.39, 0.29) is 5.91 Å². The van der Waals surface area contributed by atoms with Gasteiger partial charge in [-0.05, 0) is 37.5 Å². The average molecular weight is 250 g/mol. The van der Waals surface area contributed by atoms with Crippen LogP contribution in [0.4, 0.5) is 0 Å². The number of carbonyl (C=O) groups excluding carboxylic acids is 1. The second-order valence-electron chi connectivity index (χ2n) is 4.31. The summed E-state index contributed by atoms with van der Waals surface area (Å²) in [5, 5.41) is 2.74. The van der Waals surface area contributed by atoms with Crippen molar-refractivity contribution in [2.24, 2.45) is 5.73 Å². The lowest BCUT2D eigenvalue weighted by Crippen LogP contribution is -2.24. The van der Waals surface area contributed by atoms with Gasteiger partial charge in [0.05, 0.1) is 13.0 Å². The van der Waals surface area contributed by atoms with Crippen molar-refractivity contribution in [2.75, 3.05) is 13.2 Å². The van der Waals surface area contributed by atoms with E-state index < -0.39 is 0 Å². The summed E-state index contributed by atoms with van der Waals surface area (Å²) in [5.41, 5.74) is 8.84. The van der Waals surface area contributed by atoms with Gasteiger partial charge >= 0.3 is 0 Å². The van der Waals surface area contributed by atoms with Crippen molar-refractivity contribution < 1.29 is 9.53 Å². The third-order valence-corrected chi connectivity index (χ3v) is 2.71. The lowest BCUT2D eigenvalue weighted by molar-refractivity contribution is -0.121. The van der Waals surface area contributed by atoms with E-state index in [1.54, 1.807) is 0 Å². The monoisotopic (exact) mass is 250 g/mol. The third-order valence-electron chi connectivity index (χ3n) is 2.71. The number of carbonyl (C=O) groups is 1. The highest BCUT2D eigenvalue weighted by Gasteiger charge is 2.07. The smallest absolute Gasteiger partial charge is 0.223 e. The van der Waals surface area contributed by atoms with Crippen molar-refractivity contribution in [1.82, 2.24) is 5.32 Å². The molecule has 0 spiro atoms. The van der Waals surface area contributed by atoms with E-state index in [1.807, 2.05) is 32.9 Å². The summed E-state index contributed by atoms with van der Waals surface area (Å²) in [7, 11) is 0. The zero-order valence-corrected chi connectivity index (χ0v) is 11.4. The molecule has 0 bridgehead atoms. The number of ether oxygens (including phenoxy) is 1. The Labute approximate surface area is 109 Å². The predicted molar refractivity (Wildman–Crippen MR) is 72.6 cm³/mol. The van der Waals surface area contributed by atoms with Gasteiger partial charge in [-0.3, -0.25) is 4.79 Å². The summed E-state index contributed by atoms with van der Waals surface area (Å²) in [6.45, 7) is 7.47. The first kappa shape index (κ1) is 14.5. The number of rotatable bonds is 6. The number of nitrogens with one attached hydrogen (secondary N) is 1.